The molecule has 1 saturated carbocycles. The van der Waals surface area contributed by atoms with E-state index < -0.39 is 10.7 Å². The van der Waals surface area contributed by atoms with Crippen molar-refractivity contribution in [3.63, 3.8) is 0 Å². The molecule has 0 heterocycles. The van der Waals surface area contributed by atoms with Crippen LogP contribution in [0, 0.1) is 11.3 Å². The quantitative estimate of drug-likeness (QED) is 0.522. The first-order valence-corrected chi connectivity index (χ1v) is 9.20. The highest BCUT2D eigenvalue weighted by Gasteiger charge is 2.38. The van der Waals surface area contributed by atoms with Crippen LogP contribution in [0.25, 0.3) is 0 Å². The lowest BCUT2D eigenvalue weighted by atomic mass is 9.65. The van der Waals surface area contributed by atoms with Gasteiger partial charge in [-0.25, -0.2) is 0 Å². The van der Waals surface area contributed by atoms with Gasteiger partial charge in [-0.1, -0.05) is 34.9 Å². The number of nitrogens with zero attached hydrogens (tertiary/aromatic N) is 1. The Morgan fingerprint density at radius 2 is 1.86 bits per heavy atom. The lowest BCUT2D eigenvalue weighted by Crippen LogP contribution is -2.35. The van der Waals surface area contributed by atoms with Gasteiger partial charge in [0.15, 0.2) is 0 Å². The second-order valence-corrected chi connectivity index (χ2v) is 9.58. The minimum absolute atomic E-state index is 0.209. The van der Waals surface area contributed by atoms with Crippen LogP contribution in [0.3, 0.4) is 0 Å². The average Bonchev–Trinajstić information content (AvgIpc) is 2.37. The Balaban J connectivity index is 2.09. The lowest BCUT2D eigenvalue weighted by molar-refractivity contribution is 0.324. The zero-order valence-electron chi connectivity index (χ0n) is 13.6. The Bertz CT molecular complexity index is 556. The van der Waals surface area contributed by atoms with Crippen molar-refractivity contribution >= 4 is 16.5 Å². The molecule has 1 aliphatic carbocycles. The molecule has 1 aromatic rings. The van der Waals surface area contributed by atoms with Crippen LogP contribution in [0.2, 0.25) is 0 Å². The number of rotatable bonds is 4. The maximum Gasteiger partial charge on any atom is 0.101 e. The van der Waals surface area contributed by atoms with E-state index in [1.807, 2.05) is 0 Å². The summed E-state index contributed by atoms with van der Waals surface area (Å²) in [6.07, 6.45) is 3.18. The highest BCUT2D eigenvalue weighted by Crippen LogP contribution is 2.43. The second kappa shape index (κ2) is 5.94. The first kappa shape index (κ1) is 16.3. The molecule has 0 spiro atoms. The molecule has 2 atom stereocenters. The summed E-state index contributed by atoms with van der Waals surface area (Å²) < 4.78 is 3.83. The molecule has 0 bridgehead atoms. The molecule has 1 N–H and O–H groups in total. The molecule has 2 nitrogen and oxygen atoms in total. The van der Waals surface area contributed by atoms with Crippen molar-refractivity contribution in [3.8, 4) is 6.07 Å². The predicted octanol–water partition coefficient (Wildman–Crippen LogP) is 3.78. The largest absolute Gasteiger partial charge is 0.197 e. The SMILES string of the molecule is C=[SH+](NC(C)c1ccc(C2(C#N)CCC2)cc1)C(C)(C)C. The summed E-state index contributed by atoms with van der Waals surface area (Å²) in [6.45, 7) is 8.86. The van der Waals surface area contributed by atoms with E-state index in [0.717, 1.165) is 12.8 Å². The second-order valence-electron chi connectivity index (χ2n) is 7.12. The van der Waals surface area contributed by atoms with Crippen LogP contribution in [0.4, 0.5) is 0 Å². The van der Waals surface area contributed by atoms with Crippen LogP contribution in [0.15, 0.2) is 24.3 Å². The molecule has 0 amide bonds. The van der Waals surface area contributed by atoms with Crippen LogP contribution < -0.4 is 4.72 Å². The van der Waals surface area contributed by atoms with Crippen LogP contribution in [0.1, 0.15) is 64.1 Å². The number of benzene rings is 1. The number of thiol groups is 1. The van der Waals surface area contributed by atoms with Gasteiger partial charge in [-0.05, 0) is 58.1 Å². The Labute approximate surface area is 131 Å². The maximum atomic E-state index is 9.41. The third kappa shape index (κ3) is 3.39. The normalized spacial score (nSPS) is 20.1. The molecule has 3 heteroatoms. The highest BCUT2D eigenvalue weighted by molar-refractivity contribution is 7.93. The van der Waals surface area contributed by atoms with E-state index in [1.165, 1.54) is 17.5 Å². The summed E-state index contributed by atoms with van der Waals surface area (Å²) >= 11 is 0. The van der Waals surface area contributed by atoms with Crippen LogP contribution >= 0.6 is 0 Å². The Hall–Kier alpha value is -1.11. The molecule has 0 saturated heterocycles. The monoisotopic (exact) mass is 303 g/mol. The van der Waals surface area contributed by atoms with E-state index in [2.05, 4.69) is 68.6 Å². The molecule has 114 valence electrons. The van der Waals surface area contributed by atoms with Gasteiger partial charge < -0.3 is 0 Å². The van der Waals surface area contributed by atoms with Gasteiger partial charge in [0.2, 0.25) is 0 Å². The molecule has 1 aliphatic rings. The van der Waals surface area contributed by atoms with E-state index in [-0.39, 0.29) is 10.2 Å². The van der Waals surface area contributed by atoms with Gasteiger partial charge in [0.25, 0.3) is 0 Å². The molecule has 0 aromatic heterocycles. The Kier molecular flexibility index (Phi) is 4.60. The van der Waals surface area contributed by atoms with Gasteiger partial charge in [0.1, 0.15) is 4.75 Å². The van der Waals surface area contributed by atoms with Crippen molar-refractivity contribution in [1.82, 2.24) is 4.72 Å². The zero-order valence-corrected chi connectivity index (χ0v) is 14.5. The summed E-state index contributed by atoms with van der Waals surface area (Å²) in [5, 5.41) is 9.41. The smallest absolute Gasteiger partial charge is 0.101 e. The Morgan fingerprint density at radius 1 is 1.29 bits per heavy atom. The Morgan fingerprint density at radius 3 is 2.24 bits per heavy atom. The van der Waals surface area contributed by atoms with Gasteiger partial charge >= 0.3 is 0 Å². The third-order valence-electron chi connectivity index (χ3n) is 4.54. The zero-order chi connectivity index (χ0) is 15.7. The van der Waals surface area contributed by atoms with Gasteiger partial charge in [0.05, 0.1) is 23.4 Å². The fourth-order valence-corrected chi connectivity index (χ4v) is 3.59. The van der Waals surface area contributed by atoms with Crippen molar-refractivity contribution in [3.05, 3.63) is 35.4 Å². The fourth-order valence-electron chi connectivity index (χ4n) is 2.59. The third-order valence-corrected chi connectivity index (χ3v) is 6.86. The first-order valence-electron chi connectivity index (χ1n) is 7.67. The lowest BCUT2D eigenvalue weighted by Gasteiger charge is -2.35. The average molecular weight is 303 g/mol. The molecule has 0 aliphatic heterocycles. The van der Waals surface area contributed by atoms with Gasteiger partial charge in [0, 0.05) is 0 Å². The van der Waals surface area contributed by atoms with E-state index >= 15 is 0 Å². The minimum Gasteiger partial charge on any atom is -0.197 e. The molecular weight excluding hydrogens is 276 g/mol. The number of hydrogen-bond acceptors (Lipinski definition) is 2. The van der Waals surface area contributed by atoms with Crippen molar-refractivity contribution in [2.45, 2.75) is 63.2 Å². The van der Waals surface area contributed by atoms with Crippen LogP contribution in [-0.2, 0) is 16.1 Å². The topological polar surface area (TPSA) is 35.8 Å². The van der Waals surface area contributed by atoms with Crippen molar-refractivity contribution in [1.29, 1.82) is 5.26 Å². The van der Waals surface area contributed by atoms with Crippen LogP contribution in [-0.4, -0.2) is 10.6 Å². The van der Waals surface area contributed by atoms with Crippen molar-refractivity contribution in [2.75, 3.05) is 0 Å². The maximum absolute atomic E-state index is 9.41. The molecule has 2 unspecified atom stereocenters. The molecule has 21 heavy (non-hydrogen) atoms. The minimum atomic E-state index is -0.462. The summed E-state index contributed by atoms with van der Waals surface area (Å²) in [6, 6.07) is 11.4. The number of nitrogens with one attached hydrogen (secondary N) is 1. The molecule has 0 radical (unpaired) electrons. The molecule has 1 aromatic carbocycles. The van der Waals surface area contributed by atoms with Gasteiger partial charge in [-0.3, -0.25) is 0 Å². The molecule has 2 rings (SSSR count). The summed E-state index contributed by atoms with van der Waals surface area (Å²) in [5.74, 6) is 4.28. The van der Waals surface area contributed by atoms with E-state index in [1.54, 1.807) is 0 Å². The standard InChI is InChI=1S/C18H26N2S/c1-14(20-21(5)17(2,3)4)15-7-9-16(10-8-15)18(13-19)11-6-12-18/h7-10,14,20H,5-6,11-12H2,1-4H3/p+1. The number of hydrogen-bond donors (Lipinski definition) is 1. The summed E-state index contributed by atoms with van der Waals surface area (Å²) in [4.78, 5) is 0. The van der Waals surface area contributed by atoms with Gasteiger partial charge in [-0.15, -0.1) is 0 Å². The van der Waals surface area contributed by atoms with Crippen molar-refractivity contribution < 1.29 is 0 Å². The van der Waals surface area contributed by atoms with Crippen LogP contribution in [0.5, 0.6) is 0 Å². The fraction of sp³-hybridized carbons (Fsp3) is 0.556. The van der Waals surface area contributed by atoms with Crippen molar-refractivity contribution in [2.24, 2.45) is 0 Å². The summed E-state index contributed by atoms with van der Waals surface area (Å²) in [7, 11) is -0.462. The highest BCUT2D eigenvalue weighted by atomic mass is 32.2. The van der Waals surface area contributed by atoms with E-state index in [4.69, 9.17) is 0 Å². The molecular formula is C18H27N2S+. The number of nitriles is 1. The predicted molar refractivity (Wildman–Crippen MR) is 94.8 cm³/mol. The molecule has 1 fully saturated rings. The summed E-state index contributed by atoms with van der Waals surface area (Å²) in [5.41, 5.74) is 2.24. The first-order chi connectivity index (χ1) is 9.78. The van der Waals surface area contributed by atoms with E-state index in [9.17, 15) is 5.26 Å². The van der Waals surface area contributed by atoms with E-state index in [0.29, 0.717) is 6.04 Å². The van der Waals surface area contributed by atoms with Gasteiger partial charge in [-0.2, -0.15) is 9.98 Å².